The van der Waals surface area contributed by atoms with Crippen molar-refractivity contribution in [3.8, 4) is 11.4 Å². The lowest BCUT2D eigenvalue weighted by atomic mass is 10.1. The van der Waals surface area contributed by atoms with E-state index in [0.29, 0.717) is 16.9 Å². The molecule has 6 heteroatoms. The lowest BCUT2D eigenvalue weighted by Crippen LogP contribution is -1.99. The Kier molecular flexibility index (Phi) is 2.45. The van der Waals surface area contributed by atoms with Gasteiger partial charge in [-0.05, 0) is 30.7 Å². The van der Waals surface area contributed by atoms with E-state index >= 15 is 0 Å². The number of anilines is 1. The minimum absolute atomic E-state index is 0.0981. The molecule has 0 amide bonds. The molecule has 3 aromatic rings. The van der Waals surface area contributed by atoms with Gasteiger partial charge in [-0.15, -0.1) is 10.2 Å². The van der Waals surface area contributed by atoms with Gasteiger partial charge in [-0.2, -0.15) is 0 Å². The van der Waals surface area contributed by atoms with Crippen LogP contribution in [0.2, 0.25) is 0 Å². The van der Waals surface area contributed by atoms with E-state index in [1.807, 2.05) is 0 Å². The molecule has 2 heterocycles. The van der Waals surface area contributed by atoms with Gasteiger partial charge in [0.2, 0.25) is 0 Å². The van der Waals surface area contributed by atoms with E-state index in [-0.39, 0.29) is 11.4 Å². The highest BCUT2D eigenvalue weighted by Gasteiger charge is 2.18. The Morgan fingerprint density at radius 3 is 2.68 bits per heavy atom. The van der Waals surface area contributed by atoms with Crippen molar-refractivity contribution in [2.75, 3.05) is 5.73 Å². The summed E-state index contributed by atoms with van der Waals surface area (Å²) in [5, 5.41) is 7.72. The molecule has 0 aliphatic carbocycles. The molecule has 2 N–H and O–H groups in total. The minimum Gasteiger partial charge on any atom is -0.398 e. The molecule has 0 aliphatic rings. The van der Waals surface area contributed by atoms with Crippen molar-refractivity contribution in [2.45, 2.75) is 6.92 Å². The molecular formula is C13H10F2N4. The predicted molar refractivity (Wildman–Crippen MR) is 67.5 cm³/mol. The van der Waals surface area contributed by atoms with E-state index in [9.17, 15) is 8.78 Å². The largest absolute Gasteiger partial charge is 0.398 e. The Hall–Kier alpha value is -2.50. The normalized spacial score (nSPS) is 11.1. The third kappa shape index (κ3) is 1.72. The number of pyridine rings is 1. The number of hydrogen-bond donors (Lipinski definition) is 1. The van der Waals surface area contributed by atoms with Crippen LogP contribution in [-0.4, -0.2) is 14.6 Å². The molecule has 0 atom stereocenters. The van der Waals surface area contributed by atoms with Crippen molar-refractivity contribution in [3.05, 3.63) is 47.7 Å². The summed E-state index contributed by atoms with van der Waals surface area (Å²) in [5.74, 6) is -1.22. The number of nitrogens with two attached hydrogens (primary N) is 1. The summed E-state index contributed by atoms with van der Waals surface area (Å²) < 4.78 is 29.4. The zero-order valence-electron chi connectivity index (χ0n) is 10.1. The number of fused-ring (bicyclic) bond motifs is 1. The zero-order chi connectivity index (χ0) is 13.6. The number of aromatic nitrogens is 3. The lowest BCUT2D eigenvalue weighted by Gasteiger charge is -2.06. The van der Waals surface area contributed by atoms with Crippen LogP contribution in [0.25, 0.3) is 17.0 Å². The maximum Gasteiger partial charge on any atom is 0.174 e. The molecule has 2 aromatic heterocycles. The topological polar surface area (TPSA) is 56.2 Å². The van der Waals surface area contributed by atoms with Gasteiger partial charge in [0.15, 0.2) is 11.5 Å². The van der Waals surface area contributed by atoms with E-state index in [1.54, 1.807) is 19.1 Å². The first-order valence-electron chi connectivity index (χ1n) is 5.63. The van der Waals surface area contributed by atoms with Crippen LogP contribution in [0.15, 0.2) is 30.5 Å². The van der Waals surface area contributed by atoms with Gasteiger partial charge in [-0.3, -0.25) is 4.40 Å². The second kappa shape index (κ2) is 4.01. The molecule has 3 rings (SSSR count). The van der Waals surface area contributed by atoms with E-state index in [1.165, 1.54) is 22.7 Å². The Morgan fingerprint density at radius 2 is 1.89 bits per heavy atom. The molecule has 0 radical (unpaired) electrons. The van der Waals surface area contributed by atoms with Crippen molar-refractivity contribution in [1.29, 1.82) is 0 Å². The minimum atomic E-state index is -0.681. The van der Waals surface area contributed by atoms with E-state index in [0.717, 1.165) is 0 Å². The molecule has 1 aromatic carbocycles. The highest BCUT2D eigenvalue weighted by Crippen LogP contribution is 2.27. The third-order valence-corrected chi connectivity index (χ3v) is 2.93. The fraction of sp³-hybridized carbons (Fsp3) is 0.0769. The summed E-state index contributed by atoms with van der Waals surface area (Å²) in [7, 11) is 0. The van der Waals surface area contributed by atoms with Gasteiger partial charge in [0.25, 0.3) is 0 Å². The van der Waals surface area contributed by atoms with Gasteiger partial charge in [-0.25, -0.2) is 8.78 Å². The second-order valence-corrected chi connectivity index (χ2v) is 4.27. The van der Waals surface area contributed by atoms with Gasteiger partial charge in [0.1, 0.15) is 11.6 Å². The van der Waals surface area contributed by atoms with Crippen LogP contribution >= 0.6 is 0 Å². The van der Waals surface area contributed by atoms with E-state index in [4.69, 9.17) is 5.73 Å². The van der Waals surface area contributed by atoms with Crippen LogP contribution in [0.4, 0.5) is 14.5 Å². The molecule has 4 nitrogen and oxygen atoms in total. The van der Waals surface area contributed by atoms with Crippen molar-refractivity contribution in [3.63, 3.8) is 0 Å². The first-order chi connectivity index (χ1) is 9.08. The number of halogens is 2. The number of benzene rings is 1. The number of nitrogen functional groups attached to an aromatic ring is 1. The first-order valence-corrected chi connectivity index (χ1v) is 5.63. The number of aryl methyl sites for hydroxylation is 1. The molecular weight excluding hydrogens is 250 g/mol. The summed E-state index contributed by atoms with van der Waals surface area (Å²) in [6.45, 7) is 1.57. The molecule has 0 unspecified atom stereocenters. The fourth-order valence-electron chi connectivity index (χ4n) is 1.94. The Labute approximate surface area is 107 Å². The van der Waals surface area contributed by atoms with Crippen molar-refractivity contribution < 1.29 is 8.78 Å². The van der Waals surface area contributed by atoms with Gasteiger partial charge < -0.3 is 5.73 Å². The highest BCUT2D eigenvalue weighted by atomic mass is 19.1. The molecule has 96 valence electrons. The number of nitrogens with zero attached hydrogens (tertiary/aromatic N) is 3. The third-order valence-electron chi connectivity index (χ3n) is 2.93. The summed E-state index contributed by atoms with van der Waals surface area (Å²) in [6, 6.07) is 5.88. The van der Waals surface area contributed by atoms with Crippen LogP contribution in [0.3, 0.4) is 0 Å². The SMILES string of the molecule is Cc1ccc(F)c(-c2nnc3ccc(N)cn23)c1F. The number of rotatable bonds is 1. The maximum absolute atomic E-state index is 14.1. The number of hydrogen-bond acceptors (Lipinski definition) is 3. The Morgan fingerprint density at radius 1 is 1.11 bits per heavy atom. The van der Waals surface area contributed by atoms with Gasteiger partial charge >= 0.3 is 0 Å². The summed E-state index contributed by atoms with van der Waals surface area (Å²) in [5.41, 5.74) is 6.76. The van der Waals surface area contributed by atoms with Crippen LogP contribution in [0.5, 0.6) is 0 Å². The average Bonchev–Trinajstić information content (AvgIpc) is 2.78. The molecule has 0 bridgehead atoms. The van der Waals surface area contributed by atoms with Crippen molar-refractivity contribution in [1.82, 2.24) is 14.6 Å². The van der Waals surface area contributed by atoms with Gasteiger partial charge in [-0.1, -0.05) is 6.07 Å². The smallest absolute Gasteiger partial charge is 0.174 e. The molecule has 19 heavy (non-hydrogen) atoms. The molecule has 0 spiro atoms. The predicted octanol–water partition coefficient (Wildman–Crippen LogP) is 2.57. The van der Waals surface area contributed by atoms with Crippen LogP contribution in [0, 0.1) is 18.6 Å². The standard InChI is InChI=1S/C13H10F2N4/c1-7-2-4-9(14)11(12(7)15)13-18-17-10-5-3-8(16)6-19(10)13/h2-6H,16H2,1H3. The second-order valence-electron chi connectivity index (χ2n) is 4.27. The lowest BCUT2D eigenvalue weighted by molar-refractivity contribution is 0.581. The summed E-state index contributed by atoms with van der Waals surface area (Å²) in [4.78, 5) is 0. The van der Waals surface area contributed by atoms with E-state index in [2.05, 4.69) is 10.2 Å². The molecule has 0 fully saturated rings. The van der Waals surface area contributed by atoms with E-state index < -0.39 is 11.6 Å². The Bertz CT molecular complexity index is 780. The fourth-order valence-corrected chi connectivity index (χ4v) is 1.94. The first kappa shape index (κ1) is 11.6. The van der Waals surface area contributed by atoms with Crippen LogP contribution < -0.4 is 5.73 Å². The summed E-state index contributed by atoms with van der Waals surface area (Å²) >= 11 is 0. The molecule has 0 saturated heterocycles. The van der Waals surface area contributed by atoms with Gasteiger partial charge in [0, 0.05) is 11.9 Å². The van der Waals surface area contributed by atoms with Crippen molar-refractivity contribution in [2.24, 2.45) is 0 Å². The van der Waals surface area contributed by atoms with Gasteiger partial charge in [0.05, 0.1) is 5.56 Å². The zero-order valence-corrected chi connectivity index (χ0v) is 10.1. The monoisotopic (exact) mass is 260 g/mol. The van der Waals surface area contributed by atoms with Crippen LogP contribution in [-0.2, 0) is 0 Å². The average molecular weight is 260 g/mol. The van der Waals surface area contributed by atoms with Crippen LogP contribution in [0.1, 0.15) is 5.56 Å². The summed E-state index contributed by atoms with van der Waals surface area (Å²) in [6.07, 6.45) is 1.53. The quantitative estimate of drug-likeness (QED) is 0.731. The Balaban J connectivity index is 2.37. The highest BCUT2D eigenvalue weighted by molar-refractivity contribution is 5.63. The maximum atomic E-state index is 14.1. The molecule has 0 aliphatic heterocycles. The molecule has 0 saturated carbocycles. The van der Waals surface area contributed by atoms with Crippen molar-refractivity contribution >= 4 is 11.3 Å².